The Hall–Kier alpha value is -3.32. The van der Waals surface area contributed by atoms with E-state index in [0.717, 1.165) is 50.9 Å². The molecule has 0 saturated heterocycles. The Morgan fingerprint density at radius 3 is 2.70 bits per heavy atom. The van der Waals surface area contributed by atoms with Gasteiger partial charge in [0.1, 0.15) is 18.0 Å². The molecule has 0 fully saturated rings. The number of carbonyl (C=O) groups is 1. The molecule has 2 heterocycles. The first-order chi connectivity index (χ1) is 15.9. The van der Waals surface area contributed by atoms with E-state index in [1.165, 1.54) is 16.8 Å². The van der Waals surface area contributed by atoms with Gasteiger partial charge in [-0.15, -0.1) is 11.3 Å². The molecule has 0 bridgehead atoms. The van der Waals surface area contributed by atoms with Crippen LogP contribution in [-0.4, -0.2) is 27.6 Å². The van der Waals surface area contributed by atoms with E-state index in [9.17, 15) is 9.18 Å². The van der Waals surface area contributed by atoms with Gasteiger partial charge < -0.3 is 10.4 Å². The zero-order valence-corrected chi connectivity index (χ0v) is 19.7. The third-order valence-electron chi connectivity index (χ3n) is 5.82. The van der Waals surface area contributed by atoms with Gasteiger partial charge in [0.15, 0.2) is 0 Å². The fraction of sp³-hybridized carbons (Fsp3) is 0.269. The smallest absolute Gasteiger partial charge is 0.307 e. The van der Waals surface area contributed by atoms with Crippen molar-refractivity contribution < 1.29 is 14.3 Å². The van der Waals surface area contributed by atoms with Crippen LogP contribution in [0.3, 0.4) is 0 Å². The highest BCUT2D eigenvalue weighted by atomic mass is 32.1. The molecule has 0 radical (unpaired) electrons. The first kappa shape index (κ1) is 22.9. The molecule has 4 aromatic rings. The summed E-state index contributed by atoms with van der Waals surface area (Å²) >= 11 is 1.71. The van der Waals surface area contributed by atoms with Crippen LogP contribution in [0.4, 0.5) is 10.2 Å². The van der Waals surface area contributed by atoms with Gasteiger partial charge in [-0.2, -0.15) is 0 Å². The van der Waals surface area contributed by atoms with Crippen LogP contribution >= 0.6 is 11.3 Å². The minimum Gasteiger partial charge on any atom is -0.481 e. The summed E-state index contributed by atoms with van der Waals surface area (Å²) in [6.07, 6.45) is 3.05. The molecule has 2 aromatic carbocycles. The molecule has 0 aliphatic carbocycles. The Labute approximate surface area is 196 Å². The summed E-state index contributed by atoms with van der Waals surface area (Å²) < 4.78 is 15.1. The first-order valence-electron chi connectivity index (χ1n) is 10.9. The van der Waals surface area contributed by atoms with E-state index >= 15 is 0 Å². The summed E-state index contributed by atoms with van der Waals surface area (Å²) in [5.74, 6) is -0.321. The van der Waals surface area contributed by atoms with Gasteiger partial charge in [-0.3, -0.25) is 4.79 Å². The predicted octanol–water partition coefficient (Wildman–Crippen LogP) is 5.96. The van der Waals surface area contributed by atoms with Crippen LogP contribution in [0.25, 0.3) is 21.3 Å². The maximum absolute atomic E-state index is 14.0. The van der Waals surface area contributed by atoms with Crippen LogP contribution in [-0.2, 0) is 24.1 Å². The van der Waals surface area contributed by atoms with Crippen molar-refractivity contribution in [3.8, 4) is 11.3 Å². The number of rotatable bonds is 8. The number of nitrogens with zero attached hydrogens (tertiary/aromatic N) is 2. The van der Waals surface area contributed by atoms with E-state index < -0.39 is 5.97 Å². The van der Waals surface area contributed by atoms with Gasteiger partial charge in [-0.25, -0.2) is 14.4 Å². The molecule has 170 valence electrons. The Morgan fingerprint density at radius 1 is 1.12 bits per heavy atom. The minimum atomic E-state index is -0.836. The first-order valence-corrected chi connectivity index (χ1v) is 11.8. The Bertz CT molecular complexity index is 1330. The monoisotopic (exact) mass is 463 g/mol. The number of anilines is 1. The third kappa shape index (κ3) is 5.03. The molecule has 0 aliphatic heterocycles. The molecule has 33 heavy (non-hydrogen) atoms. The number of aliphatic carboxylic acids is 1. The van der Waals surface area contributed by atoms with E-state index in [0.29, 0.717) is 12.4 Å². The van der Waals surface area contributed by atoms with E-state index in [4.69, 9.17) is 5.11 Å². The molecule has 7 heteroatoms. The number of thiophene rings is 1. The summed E-state index contributed by atoms with van der Waals surface area (Å²) in [6.45, 7) is 6.71. The lowest BCUT2D eigenvalue weighted by molar-refractivity contribution is -0.136. The number of benzene rings is 2. The van der Waals surface area contributed by atoms with Crippen molar-refractivity contribution in [3.63, 3.8) is 0 Å². The average Bonchev–Trinajstić information content (AvgIpc) is 3.09. The fourth-order valence-electron chi connectivity index (χ4n) is 4.18. The van der Waals surface area contributed by atoms with Crippen molar-refractivity contribution in [3.05, 3.63) is 75.7 Å². The van der Waals surface area contributed by atoms with Crippen molar-refractivity contribution in [2.45, 2.75) is 40.0 Å². The van der Waals surface area contributed by atoms with Crippen LogP contribution in [0.2, 0.25) is 0 Å². The molecule has 2 N–H and O–H groups in total. The number of hydrogen-bond donors (Lipinski definition) is 2. The lowest BCUT2D eigenvalue weighted by atomic mass is 9.98. The summed E-state index contributed by atoms with van der Waals surface area (Å²) in [7, 11) is 0. The van der Waals surface area contributed by atoms with Gasteiger partial charge in [0.2, 0.25) is 0 Å². The van der Waals surface area contributed by atoms with Crippen molar-refractivity contribution in [2.24, 2.45) is 0 Å². The van der Waals surface area contributed by atoms with Crippen LogP contribution in [0, 0.1) is 19.7 Å². The number of aryl methyl sites for hydroxylation is 3. The van der Waals surface area contributed by atoms with Crippen LogP contribution in [0.1, 0.15) is 34.1 Å². The quantitative estimate of drug-likeness (QED) is 0.337. The molecule has 0 unspecified atom stereocenters. The molecule has 0 saturated carbocycles. The van der Waals surface area contributed by atoms with Gasteiger partial charge >= 0.3 is 5.97 Å². The lowest BCUT2D eigenvalue weighted by Crippen LogP contribution is -2.07. The number of carboxylic acids is 1. The SMILES string of the molecule is CCc1cc(-c2cc(NCCc3c(C)sc4c(C)cc(F)cc34)ncn2)ccc1CC(=O)O. The molecule has 5 nitrogen and oxygen atoms in total. The van der Waals surface area contributed by atoms with E-state index in [1.807, 2.05) is 38.1 Å². The summed E-state index contributed by atoms with van der Waals surface area (Å²) in [5.41, 5.74) is 5.67. The van der Waals surface area contributed by atoms with Gasteiger partial charge in [0.05, 0.1) is 12.1 Å². The maximum atomic E-state index is 14.0. The number of carboxylic acid groups (broad SMARTS) is 1. The summed E-state index contributed by atoms with van der Waals surface area (Å²) in [5, 5.41) is 13.5. The largest absolute Gasteiger partial charge is 0.481 e. The average molecular weight is 464 g/mol. The number of aromatic nitrogens is 2. The molecule has 0 amide bonds. The van der Waals surface area contributed by atoms with Crippen LogP contribution < -0.4 is 5.32 Å². The van der Waals surface area contributed by atoms with Crippen molar-refractivity contribution in [1.82, 2.24) is 9.97 Å². The fourth-order valence-corrected chi connectivity index (χ4v) is 5.34. The van der Waals surface area contributed by atoms with Crippen molar-refractivity contribution in [1.29, 1.82) is 0 Å². The number of halogens is 1. The van der Waals surface area contributed by atoms with Crippen molar-refractivity contribution >= 4 is 33.2 Å². The molecular weight excluding hydrogens is 437 g/mol. The molecule has 0 atom stereocenters. The lowest BCUT2D eigenvalue weighted by Gasteiger charge is -2.10. The highest BCUT2D eigenvalue weighted by Crippen LogP contribution is 2.34. The normalized spacial score (nSPS) is 11.2. The van der Waals surface area contributed by atoms with E-state index in [1.54, 1.807) is 23.5 Å². The predicted molar refractivity (Wildman–Crippen MR) is 132 cm³/mol. The van der Waals surface area contributed by atoms with E-state index in [-0.39, 0.29) is 12.2 Å². The molecule has 0 aliphatic rings. The van der Waals surface area contributed by atoms with Gasteiger partial charge in [-0.05, 0) is 72.5 Å². The van der Waals surface area contributed by atoms with Gasteiger partial charge in [-0.1, -0.05) is 19.1 Å². The number of hydrogen-bond acceptors (Lipinski definition) is 5. The molecule has 0 spiro atoms. The van der Waals surface area contributed by atoms with Crippen molar-refractivity contribution in [2.75, 3.05) is 11.9 Å². The van der Waals surface area contributed by atoms with Gasteiger partial charge in [0, 0.05) is 27.8 Å². The van der Waals surface area contributed by atoms with Crippen LogP contribution in [0.15, 0.2) is 42.7 Å². The zero-order valence-electron chi connectivity index (χ0n) is 18.9. The second-order valence-corrected chi connectivity index (χ2v) is 9.33. The summed E-state index contributed by atoms with van der Waals surface area (Å²) in [6, 6.07) is 10.9. The maximum Gasteiger partial charge on any atom is 0.307 e. The van der Waals surface area contributed by atoms with Gasteiger partial charge in [0.25, 0.3) is 0 Å². The zero-order chi connectivity index (χ0) is 23.5. The molecule has 2 aromatic heterocycles. The second-order valence-electron chi connectivity index (χ2n) is 8.11. The standard InChI is InChI=1S/C26H26FN3O2S/c1-4-17-10-19(6-5-18(17)11-25(31)32)23-13-24(30-14-29-23)28-8-7-21-16(3)33-26-15(2)9-20(27)12-22(21)26/h5-6,9-10,12-14H,4,7-8,11H2,1-3H3,(H,31,32)(H,28,29,30). The highest BCUT2D eigenvalue weighted by Gasteiger charge is 2.13. The second kappa shape index (κ2) is 9.67. The molecule has 4 rings (SSSR count). The molecular formula is C26H26FN3O2S. The number of fused-ring (bicyclic) bond motifs is 1. The minimum absolute atomic E-state index is 0.0140. The highest BCUT2D eigenvalue weighted by molar-refractivity contribution is 7.19. The summed E-state index contributed by atoms with van der Waals surface area (Å²) in [4.78, 5) is 21.0. The third-order valence-corrected chi connectivity index (χ3v) is 7.12. The van der Waals surface area contributed by atoms with Crippen LogP contribution in [0.5, 0.6) is 0 Å². The number of nitrogens with one attached hydrogen (secondary N) is 1. The topological polar surface area (TPSA) is 75.1 Å². The Kier molecular flexibility index (Phi) is 6.70. The Balaban J connectivity index is 1.50. The Morgan fingerprint density at radius 2 is 1.94 bits per heavy atom. The van der Waals surface area contributed by atoms with E-state index in [2.05, 4.69) is 22.2 Å².